The van der Waals surface area contributed by atoms with Crippen molar-refractivity contribution in [3.63, 3.8) is 0 Å². The second-order valence-corrected chi connectivity index (χ2v) is 6.48. The van der Waals surface area contributed by atoms with Gasteiger partial charge >= 0.3 is 0 Å². The Morgan fingerprint density at radius 3 is 2.05 bits per heavy atom. The van der Waals surface area contributed by atoms with Crippen LogP contribution < -0.4 is 5.73 Å². The highest BCUT2D eigenvalue weighted by molar-refractivity contribution is 14.1. The summed E-state index contributed by atoms with van der Waals surface area (Å²) in [4.78, 5) is 0. The highest BCUT2D eigenvalue weighted by Gasteiger charge is 2.19. The average molecular weight is 383 g/mol. The Morgan fingerprint density at radius 1 is 1.00 bits per heavy atom. The summed E-state index contributed by atoms with van der Waals surface area (Å²) in [6.45, 7) is 8.42. The Hall–Kier alpha value is -0.940. The molecule has 2 N–H and O–H groups in total. The molecule has 1 atom stereocenters. The summed E-state index contributed by atoms with van der Waals surface area (Å²) in [6, 6.07) is 6.77. The minimum Gasteiger partial charge on any atom is -0.320 e. The van der Waals surface area contributed by atoms with Crippen molar-refractivity contribution in [3.05, 3.63) is 67.0 Å². The van der Waals surface area contributed by atoms with Gasteiger partial charge in [-0.05, 0) is 95.8 Å². The van der Waals surface area contributed by atoms with E-state index in [1.165, 1.54) is 34.4 Å². The van der Waals surface area contributed by atoms with Gasteiger partial charge in [0.1, 0.15) is 5.82 Å². The Labute approximate surface area is 133 Å². The zero-order valence-corrected chi connectivity index (χ0v) is 14.4. The molecule has 0 fully saturated rings. The number of hydrogen-bond donors (Lipinski definition) is 1. The van der Waals surface area contributed by atoms with Gasteiger partial charge in [-0.25, -0.2) is 4.39 Å². The zero-order chi connectivity index (χ0) is 15.0. The van der Waals surface area contributed by atoms with Crippen molar-refractivity contribution < 1.29 is 4.39 Å². The van der Waals surface area contributed by atoms with Crippen LogP contribution in [-0.2, 0) is 0 Å². The lowest BCUT2D eigenvalue weighted by molar-refractivity contribution is 0.625. The van der Waals surface area contributed by atoms with Crippen molar-refractivity contribution >= 4 is 22.6 Å². The highest BCUT2D eigenvalue weighted by Crippen LogP contribution is 2.32. The van der Waals surface area contributed by atoms with E-state index in [2.05, 4.69) is 56.4 Å². The first-order valence-corrected chi connectivity index (χ1v) is 7.68. The molecule has 106 valence electrons. The largest absolute Gasteiger partial charge is 0.320 e. The fourth-order valence-electron chi connectivity index (χ4n) is 2.62. The van der Waals surface area contributed by atoms with Crippen LogP contribution in [0.3, 0.4) is 0 Å². The molecule has 2 aromatic rings. The molecule has 2 rings (SSSR count). The van der Waals surface area contributed by atoms with Crippen LogP contribution in [0.25, 0.3) is 0 Å². The molecule has 20 heavy (non-hydrogen) atoms. The van der Waals surface area contributed by atoms with E-state index >= 15 is 0 Å². The molecule has 0 bridgehead atoms. The van der Waals surface area contributed by atoms with Gasteiger partial charge in [0.25, 0.3) is 0 Å². The van der Waals surface area contributed by atoms with E-state index in [9.17, 15) is 4.39 Å². The van der Waals surface area contributed by atoms with E-state index in [4.69, 9.17) is 5.73 Å². The third-order valence-electron chi connectivity index (χ3n) is 4.03. The number of rotatable bonds is 2. The van der Waals surface area contributed by atoms with Gasteiger partial charge in [-0.3, -0.25) is 0 Å². The number of aryl methyl sites for hydroxylation is 2. The second kappa shape index (κ2) is 5.82. The summed E-state index contributed by atoms with van der Waals surface area (Å²) in [6.07, 6.45) is 0. The summed E-state index contributed by atoms with van der Waals surface area (Å²) >= 11 is 2.15. The summed E-state index contributed by atoms with van der Waals surface area (Å²) in [5.74, 6) is -0.223. The average Bonchev–Trinajstić information content (AvgIpc) is 2.36. The predicted octanol–water partition coefficient (Wildman–Crippen LogP) is 4.71. The van der Waals surface area contributed by atoms with Crippen molar-refractivity contribution in [1.29, 1.82) is 0 Å². The van der Waals surface area contributed by atoms with Crippen LogP contribution in [0.2, 0.25) is 0 Å². The minimum absolute atomic E-state index is 0.221. The molecule has 1 nitrogen and oxygen atoms in total. The second-order valence-electron chi connectivity index (χ2n) is 5.32. The molecule has 0 heterocycles. The van der Waals surface area contributed by atoms with E-state index in [1.54, 1.807) is 6.07 Å². The van der Waals surface area contributed by atoms with Crippen LogP contribution in [-0.4, -0.2) is 0 Å². The first-order chi connectivity index (χ1) is 9.32. The van der Waals surface area contributed by atoms with Gasteiger partial charge < -0.3 is 5.73 Å². The minimum atomic E-state index is -0.223. The normalized spacial score (nSPS) is 12.6. The lowest BCUT2D eigenvalue weighted by Crippen LogP contribution is -2.17. The van der Waals surface area contributed by atoms with Gasteiger partial charge in [0.2, 0.25) is 0 Å². The summed E-state index contributed by atoms with van der Waals surface area (Å²) in [5, 5.41) is 0. The van der Waals surface area contributed by atoms with Gasteiger partial charge in [-0.15, -0.1) is 0 Å². The van der Waals surface area contributed by atoms with E-state index < -0.39 is 0 Å². The maximum absolute atomic E-state index is 13.3. The van der Waals surface area contributed by atoms with Crippen LogP contribution >= 0.6 is 22.6 Å². The van der Waals surface area contributed by atoms with Gasteiger partial charge in [-0.1, -0.05) is 12.1 Å². The lowest BCUT2D eigenvalue weighted by atomic mass is 9.87. The molecule has 3 heteroatoms. The van der Waals surface area contributed by atoms with E-state index in [0.717, 1.165) is 14.7 Å². The van der Waals surface area contributed by atoms with Gasteiger partial charge in [-0.2, -0.15) is 0 Å². The van der Waals surface area contributed by atoms with Crippen molar-refractivity contribution in [2.45, 2.75) is 33.7 Å². The molecule has 0 amide bonds. The van der Waals surface area contributed by atoms with E-state index in [0.29, 0.717) is 0 Å². The number of benzene rings is 2. The van der Waals surface area contributed by atoms with Crippen LogP contribution in [0.1, 0.15) is 39.4 Å². The van der Waals surface area contributed by atoms with Gasteiger partial charge in [0, 0.05) is 3.57 Å². The van der Waals surface area contributed by atoms with Crippen LogP contribution in [0.15, 0.2) is 24.3 Å². The smallest absolute Gasteiger partial charge is 0.124 e. The molecule has 0 radical (unpaired) electrons. The monoisotopic (exact) mass is 383 g/mol. The molecular weight excluding hydrogens is 364 g/mol. The Balaban J connectivity index is 2.62. The third kappa shape index (κ3) is 2.74. The standard InChI is InChI=1S/C17H19FIN/c1-9-7-10(2)12(4)16(11(9)3)17(20)14-6-5-13(18)8-15(14)19/h5-8,17H,20H2,1-4H3. The molecule has 0 saturated heterocycles. The molecule has 0 spiro atoms. The Morgan fingerprint density at radius 2 is 1.55 bits per heavy atom. The number of hydrogen-bond acceptors (Lipinski definition) is 1. The predicted molar refractivity (Wildman–Crippen MR) is 90.5 cm³/mol. The maximum Gasteiger partial charge on any atom is 0.124 e. The molecule has 2 aromatic carbocycles. The molecule has 0 aliphatic rings. The summed E-state index contributed by atoms with van der Waals surface area (Å²) < 4.78 is 14.1. The fraction of sp³-hybridized carbons (Fsp3) is 0.294. The molecule has 0 aromatic heterocycles. The van der Waals surface area contributed by atoms with Crippen LogP contribution in [0.5, 0.6) is 0 Å². The number of halogens is 2. The number of nitrogens with two attached hydrogens (primary N) is 1. The molecule has 0 saturated carbocycles. The van der Waals surface area contributed by atoms with Crippen molar-refractivity contribution in [3.8, 4) is 0 Å². The maximum atomic E-state index is 13.3. The van der Waals surface area contributed by atoms with Crippen molar-refractivity contribution in [1.82, 2.24) is 0 Å². The summed E-state index contributed by atoms with van der Waals surface area (Å²) in [7, 11) is 0. The first kappa shape index (κ1) is 15.4. The molecular formula is C17H19FIN. The fourth-order valence-corrected chi connectivity index (χ4v) is 3.44. The highest BCUT2D eigenvalue weighted by atomic mass is 127. The van der Waals surface area contributed by atoms with E-state index in [1.807, 2.05) is 0 Å². The van der Waals surface area contributed by atoms with Gasteiger partial charge in [0.15, 0.2) is 0 Å². The molecule has 0 aliphatic heterocycles. The quantitative estimate of drug-likeness (QED) is 0.747. The molecule has 1 unspecified atom stereocenters. The first-order valence-electron chi connectivity index (χ1n) is 6.60. The Bertz CT molecular complexity index is 638. The molecule has 0 aliphatic carbocycles. The van der Waals surface area contributed by atoms with Crippen LogP contribution in [0, 0.1) is 37.1 Å². The van der Waals surface area contributed by atoms with Crippen LogP contribution in [0.4, 0.5) is 4.39 Å². The van der Waals surface area contributed by atoms with Gasteiger partial charge in [0.05, 0.1) is 6.04 Å². The van der Waals surface area contributed by atoms with Crippen molar-refractivity contribution in [2.24, 2.45) is 5.73 Å². The zero-order valence-electron chi connectivity index (χ0n) is 12.2. The SMILES string of the molecule is Cc1cc(C)c(C)c(C(N)c2ccc(F)cc2I)c1C. The van der Waals surface area contributed by atoms with E-state index in [-0.39, 0.29) is 11.9 Å². The topological polar surface area (TPSA) is 26.0 Å². The lowest BCUT2D eigenvalue weighted by Gasteiger charge is -2.22. The summed E-state index contributed by atoms with van der Waals surface area (Å²) in [5.41, 5.74) is 13.6. The Kier molecular flexibility index (Phi) is 4.49. The third-order valence-corrected chi connectivity index (χ3v) is 4.97. The van der Waals surface area contributed by atoms with Crippen molar-refractivity contribution in [2.75, 3.05) is 0 Å².